The summed E-state index contributed by atoms with van der Waals surface area (Å²) in [5.41, 5.74) is 7.07. The van der Waals surface area contributed by atoms with Gasteiger partial charge in [0.05, 0.1) is 5.52 Å². The van der Waals surface area contributed by atoms with Crippen LogP contribution in [0, 0.1) is 13.8 Å². The normalized spacial score (nSPS) is 14.1. The zero-order chi connectivity index (χ0) is 16.7. The quantitative estimate of drug-likeness (QED) is 0.778. The molecule has 3 heterocycles. The number of benzene rings is 1. The van der Waals surface area contributed by atoms with Crippen molar-refractivity contribution in [1.82, 2.24) is 14.9 Å². The van der Waals surface area contributed by atoms with Crippen molar-refractivity contribution < 1.29 is 5.11 Å². The minimum atomic E-state index is 0.390. The summed E-state index contributed by atoms with van der Waals surface area (Å²) in [5, 5.41) is 15.2. The Kier molecular flexibility index (Phi) is 3.77. The molecule has 0 atom stereocenters. The molecule has 2 N–H and O–H groups in total. The Morgan fingerprint density at radius 1 is 1.25 bits per heavy atom. The summed E-state index contributed by atoms with van der Waals surface area (Å²) >= 11 is 0. The van der Waals surface area contributed by atoms with Crippen LogP contribution in [0.1, 0.15) is 28.1 Å². The maximum atomic E-state index is 10.6. The average molecular weight is 321 g/mol. The average Bonchev–Trinajstić information content (AvgIpc) is 2.89. The van der Waals surface area contributed by atoms with Crippen LogP contribution in [0.4, 0.5) is 0 Å². The summed E-state index contributed by atoms with van der Waals surface area (Å²) in [4.78, 5) is 4.39. The van der Waals surface area contributed by atoms with Crippen LogP contribution in [-0.2, 0) is 25.9 Å². The molecule has 124 valence electrons. The van der Waals surface area contributed by atoms with Gasteiger partial charge in [0.15, 0.2) is 0 Å². The molecule has 1 aliphatic rings. The van der Waals surface area contributed by atoms with Gasteiger partial charge >= 0.3 is 0 Å². The minimum Gasteiger partial charge on any atom is -0.506 e. The predicted octanol–water partition coefficient (Wildman–Crippen LogP) is 3.25. The van der Waals surface area contributed by atoms with Gasteiger partial charge in [0, 0.05) is 49.0 Å². The van der Waals surface area contributed by atoms with Gasteiger partial charge in [-0.15, -0.1) is 0 Å². The molecule has 0 aliphatic carbocycles. The fourth-order valence-corrected chi connectivity index (χ4v) is 3.76. The van der Waals surface area contributed by atoms with E-state index in [2.05, 4.69) is 33.1 Å². The van der Waals surface area contributed by atoms with Crippen molar-refractivity contribution in [3.63, 3.8) is 0 Å². The Morgan fingerprint density at radius 3 is 2.92 bits per heavy atom. The first kappa shape index (κ1) is 15.2. The van der Waals surface area contributed by atoms with Gasteiger partial charge in [-0.1, -0.05) is 6.07 Å². The molecule has 1 aromatic carbocycles. The molecular formula is C20H23N3O. The van der Waals surface area contributed by atoms with Crippen molar-refractivity contribution in [2.24, 2.45) is 0 Å². The number of aromatic nitrogens is 2. The van der Waals surface area contributed by atoms with Crippen LogP contribution in [0.2, 0.25) is 0 Å². The second-order valence-electron chi connectivity index (χ2n) is 6.74. The zero-order valence-corrected chi connectivity index (χ0v) is 14.3. The Labute approximate surface area is 142 Å². The number of hydrogen-bond acceptors (Lipinski definition) is 3. The lowest BCUT2D eigenvalue weighted by Gasteiger charge is -2.17. The maximum Gasteiger partial charge on any atom is 0.140 e. The molecule has 4 rings (SSSR count). The van der Waals surface area contributed by atoms with Crippen LogP contribution in [0.25, 0.3) is 10.9 Å². The van der Waals surface area contributed by atoms with Crippen LogP contribution < -0.4 is 5.32 Å². The van der Waals surface area contributed by atoms with E-state index < -0.39 is 0 Å². The predicted molar refractivity (Wildman–Crippen MR) is 96.4 cm³/mol. The molecule has 0 amide bonds. The van der Waals surface area contributed by atoms with Gasteiger partial charge in [-0.3, -0.25) is 4.98 Å². The Balaban J connectivity index is 1.77. The SMILES string of the molecule is Cc1cc(O)c2c(c1)c1c(n2CCc2ccc(C)nc2)CCNC1. The summed E-state index contributed by atoms with van der Waals surface area (Å²) in [7, 11) is 0. The van der Waals surface area contributed by atoms with Crippen molar-refractivity contribution >= 4 is 10.9 Å². The number of phenolic OH excluding ortho intramolecular Hbond substituents is 1. The van der Waals surface area contributed by atoms with Crippen LogP contribution >= 0.6 is 0 Å². The van der Waals surface area contributed by atoms with Gasteiger partial charge in [-0.2, -0.15) is 0 Å². The first-order valence-corrected chi connectivity index (χ1v) is 8.59. The standard InChI is InChI=1S/C20H23N3O/c1-13-9-16-17-12-21-7-5-18(17)23(20(16)19(24)10-13)8-6-15-4-3-14(2)22-11-15/h3-4,9-11,21,24H,5-8,12H2,1-2H3. The molecule has 2 aromatic heterocycles. The molecule has 4 heteroatoms. The van der Waals surface area contributed by atoms with E-state index in [1.807, 2.05) is 26.1 Å². The third kappa shape index (κ3) is 2.57. The number of nitrogens with zero attached hydrogens (tertiary/aromatic N) is 2. The molecule has 0 unspecified atom stereocenters. The smallest absolute Gasteiger partial charge is 0.140 e. The highest BCUT2D eigenvalue weighted by molar-refractivity contribution is 5.91. The Morgan fingerprint density at radius 2 is 2.12 bits per heavy atom. The monoisotopic (exact) mass is 321 g/mol. The van der Waals surface area contributed by atoms with E-state index in [1.165, 1.54) is 22.2 Å². The van der Waals surface area contributed by atoms with Crippen molar-refractivity contribution in [2.75, 3.05) is 6.54 Å². The molecule has 3 aromatic rings. The van der Waals surface area contributed by atoms with Gasteiger partial charge in [-0.25, -0.2) is 0 Å². The van der Waals surface area contributed by atoms with Gasteiger partial charge in [0.25, 0.3) is 0 Å². The lowest BCUT2D eigenvalue weighted by atomic mass is 10.0. The van der Waals surface area contributed by atoms with Crippen molar-refractivity contribution in [2.45, 2.75) is 39.8 Å². The largest absolute Gasteiger partial charge is 0.506 e. The molecule has 0 spiro atoms. The number of rotatable bonds is 3. The molecule has 1 aliphatic heterocycles. The van der Waals surface area contributed by atoms with E-state index in [4.69, 9.17) is 0 Å². The van der Waals surface area contributed by atoms with Crippen LogP contribution in [0.15, 0.2) is 30.5 Å². The maximum absolute atomic E-state index is 10.6. The van der Waals surface area contributed by atoms with Gasteiger partial charge in [0.2, 0.25) is 0 Å². The van der Waals surface area contributed by atoms with Crippen LogP contribution in [-0.4, -0.2) is 21.2 Å². The van der Waals surface area contributed by atoms with Gasteiger partial charge in [0.1, 0.15) is 5.75 Å². The van der Waals surface area contributed by atoms with E-state index in [0.717, 1.165) is 49.2 Å². The van der Waals surface area contributed by atoms with Crippen LogP contribution in [0.3, 0.4) is 0 Å². The number of aromatic hydroxyl groups is 1. The first-order chi connectivity index (χ1) is 11.6. The summed E-state index contributed by atoms with van der Waals surface area (Å²) in [6.07, 6.45) is 3.89. The number of phenols is 1. The van der Waals surface area contributed by atoms with E-state index in [-0.39, 0.29) is 0 Å². The van der Waals surface area contributed by atoms with Gasteiger partial charge < -0.3 is 15.0 Å². The molecular weight excluding hydrogens is 298 g/mol. The Bertz CT molecular complexity index is 894. The fourth-order valence-electron chi connectivity index (χ4n) is 3.76. The lowest BCUT2D eigenvalue weighted by Crippen LogP contribution is -2.24. The topological polar surface area (TPSA) is 50.1 Å². The van der Waals surface area contributed by atoms with E-state index in [9.17, 15) is 5.11 Å². The summed E-state index contributed by atoms with van der Waals surface area (Å²) in [6, 6.07) is 8.27. The molecule has 0 radical (unpaired) electrons. The highest BCUT2D eigenvalue weighted by Crippen LogP contribution is 2.35. The zero-order valence-electron chi connectivity index (χ0n) is 14.3. The highest BCUT2D eigenvalue weighted by Gasteiger charge is 2.21. The third-order valence-electron chi connectivity index (χ3n) is 4.94. The number of pyridine rings is 1. The van der Waals surface area contributed by atoms with E-state index in [0.29, 0.717) is 5.75 Å². The molecule has 0 saturated carbocycles. The van der Waals surface area contributed by atoms with E-state index >= 15 is 0 Å². The number of hydrogen-bond donors (Lipinski definition) is 2. The second-order valence-corrected chi connectivity index (χ2v) is 6.74. The number of nitrogens with one attached hydrogen (secondary N) is 1. The summed E-state index contributed by atoms with van der Waals surface area (Å²) in [5.74, 6) is 0.390. The van der Waals surface area contributed by atoms with E-state index in [1.54, 1.807) is 0 Å². The molecule has 0 saturated heterocycles. The molecule has 24 heavy (non-hydrogen) atoms. The Hall–Kier alpha value is -2.33. The lowest BCUT2D eigenvalue weighted by molar-refractivity contribution is 0.476. The number of fused-ring (bicyclic) bond motifs is 3. The second kappa shape index (κ2) is 5.95. The summed E-state index contributed by atoms with van der Waals surface area (Å²) in [6.45, 7) is 6.79. The minimum absolute atomic E-state index is 0.390. The first-order valence-electron chi connectivity index (χ1n) is 8.59. The molecule has 0 bridgehead atoms. The third-order valence-corrected chi connectivity index (χ3v) is 4.94. The van der Waals surface area contributed by atoms with Gasteiger partial charge in [-0.05, 0) is 55.2 Å². The van der Waals surface area contributed by atoms with Crippen molar-refractivity contribution in [3.8, 4) is 5.75 Å². The number of aryl methyl sites for hydroxylation is 4. The molecule has 0 fully saturated rings. The van der Waals surface area contributed by atoms with Crippen LogP contribution in [0.5, 0.6) is 5.75 Å². The molecule has 4 nitrogen and oxygen atoms in total. The summed E-state index contributed by atoms with van der Waals surface area (Å²) < 4.78 is 2.32. The fraction of sp³-hybridized carbons (Fsp3) is 0.350. The highest BCUT2D eigenvalue weighted by atomic mass is 16.3. The van der Waals surface area contributed by atoms with Crippen molar-refractivity contribution in [1.29, 1.82) is 0 Å². The van der Waals surface area contributed by atoms with Crippen molar-refractivity contribution in [3.05, 3.63) is 58.5 Å².